The van der Waals surface area contributed by atoms with Crippen molar-refractivity contribution in [3.05, 3.63) is 35.4 Å². The van der Waals surface area contributed by atoms with Crippen molar-refractivity contribution < 1.29 is 9.90 Å². The van der Waals surface area contributed by atoms with Gasteiger partial charge in [0.05, 0.1) is 0 Å². The van der Waals surface area contributed by atoms with Crippen molar-refractivity contribution in [3.63, 3.8) is 0 Å². The van der Waals surface area contributed by atoms with E-state index in [0.29, 0.717) is 12.0 Å². The Balaban J connectivity index is 2.75. The molecule has 0 fully saturated rings. The van der Waals surface area contributed by atoms with Gasteiger partial charge in [-0.05, 0) is 36.0 Å². The minimum Gasteiger partial charge on any atom is -0.396 e. The molecule has 1 atom stereocenters. The lowest BCUT2D eigenvalue weighted by atomic mass is 9.84. The highest BCUT2D eigenvalue weighted by atomic mass is 16.3. The van der Waals surface area contributed by atoms with Crippen molar-refractivity contribution in [2.24, 2.45) is 5.41 Å². The number of aliphatic hydroxyl groups is 1. The normalized spacial score (nSPS) is 13.1. The number of aryl methyl sites for hydroxylation is 1. The molecule has 1 unspecified atom stereocenters. The standard InChI is InChI=1S/C16H25NO2/c1-5-12-6-8-13(9-7-12)15(19)17-14(10-11-18)16(2,3)4/h6-9,14,18H,5,10-11H2,1-4H3,(H,17,19). The van der Waals surface area contributed by atoms with Crippen molar-refractivity contribution in [3.8, 4) is 0 Å². The summed E-state index contributed by atoms with van der Waals surface area (Å²) in [6.45, 7) is 8.36. The zero-order valence-corrected chi connectivity index (χ0v) is 12.4. The lowest BCUT2D eigenvalue weighted by molar-refractivity contribution is 0.0885. The van der Waals surface area contributed by atoms with Gasteiger partial charge in [-0.25, -0.2) is 0 Å². The zero-order chi connectivity index (χ0) is 14.5. The molecule has 106 valence electrons. The molecule has 1 amide bonds. The fourth-order valence-corrected chi connectivity index (χ4v) is 1.98. The van der Waals surface area contributed by atoms with Crippen LogP contribution in [0.2, 0.25) is 0 Å². The van der Waals surface area contributed by atoms with Crippen LogP contribution in [0.25, 0.3) is 0 Å². The Labute approximate surface area is 116 Å². The second-order valence-electron chi connectivity index (χ2n) is 5.95. The predicted octanol–water partition coefficient (Wildman–Crippen LogP) is 2.78. The Kier molecular flexibility index (Phi) is 5.55. The van der Waals surface area contributed by atoms with Gasteiger partial charge in [-0.3, -0.25) is 4.79 Å². The van der Waals surface area contributed by atoms with E-state index in [9.17, 15) is 4.79 Å². The molecule has 3 nitrogen and oxygen atoms in total. The first kappa shape index (κ1) is 15.7. The molecule has 0 spiro atoms. The van der Waals surface area contributed by atoms with Gasteiger partial charge < -0.3 is 10.4 Å². The highest BCUT2D eigenvalue weighted by Crippen LogP contribution is 2.22. The molecule has 19 heavy (non-hydrogen) atoms. The summed E-state index contributed by atoms with van der Waals surface area (Å²) in [7, 11) is 0. The molecule has 0 aliphatic carbocycles. The second kappa shape index (κ2) is 6.71. The summed E-state index contributed by atoms with van der Waals surface area (Å²) in [5.74, 6) is -0.0731. The van der Waals surface area contributed by atoms with Gasteiger partial charge in [-0.2, -0.15) is 0 Å². The second-order valence-corrected chi connectivity index (χ2v) is 5.95. The van der Waals surface area contributed by atoms with E-state index < -0.39 is 0 Å². The molecule has 2 N–H and O–H groups in total. The van der Waals surface area contributed by atoms with Crippen LogP contribution in [0.15, 0.2) is 24.3 Å². The minimum absolute atomic E-state index is 0.0316. The summed E-state index contributed by atoms with van der Waals surface area (Å²) < 4.78 is 0. The fourth-order valence-electron chi connectivity index (χ4n) is 1.98. The van der Waals surface area contributed by atoms with Gasteiger partial charge in [0.1, 0.15) is 0 Å². The van der Waals surface area contributed by atoms with E-state index in [4.69, 9.17) is 5.11 Å². The summed E-state index contributed by atoms with van der Waals surface area (Å²) in [5.41, 5.74) is 1.82. The van der Waals surface area contributed by atoms with Gasteiger partial charge in [0, 0.05) is 18.2 Å². The lowest BCUT2D eigenvalue weighted by Gasteiger charge is -2.31. The maximum Gasteiger partial charge on any atom is 0.251 e. The lowest BCUT2D eigenvalue weighted by Crippen LogP contribution is -2.44. The molecule has 0 aliphatic heterocycles. The molecule has 0 saturated heterocycles. The van der Waals surface area contributed by atoms with E-state index in [1.165, 1.54) is 5.56 Å². The SMILES string of the molecule is CCc1ccc(C(=O)NC(CCO)C(C)(C)C)cc1. The van der Waals surface area contributed by atoms with E-state index in [1.54, 1.807) is 0 Å². The monoisotopic (exact) mass is 263 g/mol. The quantitative estimate of drug-likeness (QED) is 0.858. The van der Waals surface area contributed by atoms with E-state index >= 15 is 0 Å². The number of hydrogen-bond acceptors (Lipinski definition) is 2. The number of aliphatic hydroxyl groups excluding tert-OH is 1. The predicted molar refractivity (Wildman–Crippen MR) is 78.2 cm³/mol. The Morgan fingerprint density at radius 2 is 1.84 bits per heavy atom. The largest absolute Gasteiger partial charge is 0.396 e. The summed E-state index contributed by atoms with van der Waals surface area (Å²) in [4.78, 5) is 12.2. The average molecular weight is 263 g/mol. The molecule has 0 heterocycles. The van der Waals surface area contributed by atoms with Crippen LogP contribution < -0.4 is 5.32 Å². The molecular formula is C16H25NO2. The molecule has 0 radical (unpaired) electrons. The van der Waals surface area contributed by atoms with Crippen LogP contribution >= 0.6 is 0 Å². The molecule has 1 aromatic carbocycles. The Bertz CT molecular complexity index is 404. The van der Waals surface area contributed by atoms with Crippen molar-refractivity contribution >= 4 is 5.91 Å². The Morgan fingerprint density at radius 1 is 1.26 bits per heavy atom. The Morgan fingerprint density at radius 3 is 2.26 bits per heavy atom. The number of amides is 1. The van der Waals surface area contributed by atoms with Gasteiger partial charge >= 0.3 is 0 Å². The minimum atomic E-state index is -0.0731. The molecule has 0 bridgehead atoms. The van der Waals surface area contributed by atoms with Crippen molar-refractivity contribution in [1.82, 2.24) is 5.32 Å². The first-order chi connectivity index (χ1) is 8.88. The summed E-state index contributed by atoms with van der Waals surface area (Å²) in [6.07, 6.45) is 1.54. The zero-order valence-electron chi connectivity index (χ0n) is 12.4. The molecule has 0 aliphatic rings. The third-order valence-corrected chi connectivity index (χ3v) is 3.39. The summed E-state index contributed by atoms with van der Waals surface area (Å²) in [5, 5.41) is 12.1. The highest BCUT2D eigenvalue weighted by Gasteiger charge is 2.25. The van der Waals surface area contributed by atoms with E-state index in [0.717, 1.165) is 6.42 Å². The van der Waals surface area contributed by atoms with Crippen molar-refractivity contribution in [2.75, 3.05) is 6.61 Å². The highest BCUT2D eigenvalue weighted by molar-refractivity contribution is 5.94. The number of hydrogen-bond donors (Lipinski definition) is 2. The molecule has 1 aromatic rings. The third-order valence-electron chi connectivity index (χ3n) is 3.39. The fraction of sp³-hybridized carbons (Fsp3) is 0.562. The van der Waals surface area contributed by atoms with Crippen LogP contribution in [0.3, 0.4) is 0 Å². The molecular weight excluding hydrogens is 238 g/mol. The van der Waals surface area contributed by atoms with Gasteiger partial charge in [-0.1, -0.05) is 39.8 Å². The van der Waals surface area contributed by atoms with Crippen LogP contribution in [-0.4, -0.2) is 23.7 Å². The number of nitrogens with one attached hydrogen (secondary N) is 1. The molecule has 0 saturated carbocycles. The van der Waals surface area contributed by atoms with E-state index in [-0.39, 0.29) is 24.0 Å². The van der Waals surface area contributed by atoms with Gasteiger partial charge in [0.25, 0.3) is 5.91 Å². The summed E-state index contributed by atoms with van der Waals surface area (Å²) in [6, 6.07) is 7.63. The van der Waals surface area contributed by atoms with Gasteiger partial charge in [0.2, 0.25) is 0 Å². The summed E-state index contributed by atoms with van der Waals surface area (Å²) >= 11 is 0. The third kappa shape index (κ3) is 4.67. The van der Waals surface area contributed by atoms with E-state index in [2.05, 4.69) is 33.0 Å². The maximum atomic E-state index is 12.2. The van der Waals surface area contributed by atoms with E-state index in [1.807, 2.05) is 24.3 Å². The maximum absolute atomic E-state index is 12.2. The smallest absolute Gasteiger partial charge is 0.251 e. The number of carbonyl (C=O) groups is 1. The number of rotatable bonds is 5. The molecule has 0 aromatic heterocycles. The first-order valence-corrected chi connectivity index (χ1v) is 6.89. The van der Waals surface area contributed by atoms with Crippen LogP contribution in [0.1, 0.15) is 50.0 Å². The Hall–Kier alpha value is -1.35. The van der Waals surface area contributed by atoms with Gasteiger partial charge in [0.15, 0.2) is 0 Å². The molecule has 3 heteroatoms. The van der Waals surface area contributed by atoms with Crippen LogP contribution in [0.4, 0.5) is 0 Å². The van der Waals surface area contributed by atoms with Crippen molar-refractivity contribution in [1.29, 1.82) is 0 Å². The van der Waals surface area contributed by atoms with Crippen LogP contribution in [0, 0.1) is 5.41 Å². The van der Waals surface area contributed by atoms with Crippen LogP contribution in [0.5, 0.6) is 0 Å². The van der Waals surface area contributed by atoms with Crippen LogP contribution in [-0.2, 0) is 6.42 Å². The average Bonchev–Trinajstić information content (AvgIpc) is 2.37. The first-order valence-electron chi connectivity index (χ1n) is 6.89. The number of benzene rings is 1. The molecule has 1 rings (SSSR count). The van der Waals surface area contributed by atoms with Crippen molar-refractivity contribution in [2.45, 2.75) is 46.6 Å². The van der Waals surface area contributed by atoms with Gasteiger partial charge in [-0.15, -0.1) is 0 Å². The topological polar surface area (TPSA) is 49.3 Å². The number of carbonyl (C=O) groups excluding carboxylic acids is 1.